The van der Waals surface area contributed by atoms with E-state index in [0.717, 1.165) is 35.9 Å². The van der Waals surface area contributed by atoms with Crippen molar-refractivity contribution in [3.05, 3.63) is 64.6 Å². The molecule has 3 aromatic rings. The molecule has 2 heterocycles. The Kier molecular flexibility index (Phi) is 9.30. The number of aromatic hydroxyl groups is 1. The monoisotopic (exact) mass is 399 g/mol. The fraction of sp³-hybridized carbons (Fsp3) is 0.364. The van der Waals surface area contributed by atoms with Gasteiger partial charge < -0.3 is 20.6 Å². The zero-order valence-corrected chi connectivity index (χ0v) is 16.7. The Morgan fingerprint density at radius 3 is 2.52 bits per heavy atom. The Hall–Kier alpha value is -2.74. The number of nitrogens with one attached hydrogen (secondary N) is 1. The number of fused-ring (bicyclic) bond motifs is 1. The molecule has 7 nitrogen and oxygen atoms in total. The number of unbranched alkanes of at least 4 members (excludes halogenated alkanes) is 1. The third-order valence-corrected chi connectivity index (χ3v) is 4.35. The highest BCUT2D eigenvalue weighted by Crippen LogP contribution is 2.23. The summed E-state index contributed by atoms with van der Waals surface area (Å²) in [6, 6.07) is 12.4. The maximum atomic E-state index is 12.3. The van der Waals surface area contributed by atoms with E-state index in [-0.39, 0.29) is 24.5 Å². The van der Waals surface area contributed by atoms with Crippen LogP contribution in [0, 0.1) is 0 Å². The molecule has 0 saturated heterocycles. The minimum Gasteiger partial charge on any atom is -0.508 e. The highest BCUT2D eigenvalue weighted by molar-refractivity contribution is 5.76. The van der Waals surface area contributed by atoms with Gasteiger partial charge in [0.2, 0.25) is 0 Å². The van der Waals surface area contributed by atoms with E-state index in [9.17, 15) is 9.90 Å². The van der Waals surface area contributed by atoms with E-state index in [2.05, 4.69) is 17.2 Å². The topological polar surface area (TPSA) is 108 Å². The highest BCUT2D eigenvalue weighted by Gasteiger charge is 2.09. The average Bonchev–Trinajstić information content (AvgIpc) is 2.74. The molecule has 0 aliphatic heterocycles. The minimum atomic E-state index is -0.127. The van der Waals surface area contributed by atoms with Crippen LogP contribution in [0.2, 0.25) is 0 Å². The van der Waals surface area contributed by atoms with Gasteiger partial charge in [-0.1, -0.05) is 13.3 Å². The molecular formula is C22H29N3O4. The van der Waals surface area contributed by atoms with Crippen molar-refractivity contribution in [2.75, 3.05) is 26.3 Å². The number of aromatic nitrogens is 2. The second kappa shape index (κ2) is 12.0. The molecule has 2 aromatic heterocycles. The Labute approximate surface area is 170 Å². The van der Waals surface area contributed by atoms with Gasteiger partial charge in [0.1, 0.15) is 11.4 Å². The summed E-state index contributed by atoms with van der Waals surface area (Å²) < 4.78 is 1.59. The van der Waals surface area contributed by atoms with Gasteiger partial charge in [-0.15, -0.1) is 0 Å². The predicted octanol–water partition coefficient (Wildman–Crippen LogP) is 1.99. The largest absolute Gasteiger partial charge is 0.508 e. The fourth-order valence-corrected chi connectivity index (χ4v) is 2.88. The van der Waals surface area contributed by atoms with E-state index in [0.29, 0.717) is 18.7 Å². The fourth-order valence-electron chi connectivity index (χ4n) is 2.88. The van der Waals surface area contributed by atoms with Crippen LogP contribution >= 0.6 is 0 Å². The molecule has 0 spiro atoms. The molecule has 156 valence electrons. The number of hydrogen-bond donors (Lipinski definition) is 4. The first kappa shape index (κ1) is 22.5. The first-order chi connectivity index (χ1) is 14.1. The van der Waals surface area contributed by atoms with Crippen LogP contribution in [-0.4, -0.2) is 51.2 Å². The van der Waals surface area contributed by atoms with Crippen molar-refractivity contribution in [2.24, 2.45) is 0 Å². The van der Waals surface area contributed by atoms with Crippen LogP contribution in [-0.2, 0) is 6.42 Å². The molecule has 0 aliphatic carbocycles. The van der Waals surface area contributed by atoms with Gasteiger partial charge in [0.05, 0.1) is 18.9 Å². The van der Waals surface area contributed by atoms with E-state index in [1.165, 1.54) is 0 Å². The summed E-state index contributed by atoms with van der Waals surface area (Å²) in [6.07, 6.45) is 4.53. The van der Waals surface area contributed by atoms with E-state index in [1.54, 1.807) is 35.0 Å². The molecule has 0 amide bonds. The van der Waals surface area contributed by atoms with Gasteiger partial charge in [-0.05, 0) is 54.8 Å². The van der Waals surface area contributed by atoms with Crippen LogP contribution < -0.4 is 10.9 Å². The molecule has 0 radical (unpaired) electrons. The maximum absolute atomic E-state index is 12.3. The zero-order chi connectivity index (χ0) is 21.1. The van der Waals surface area contributed by atoms with Crippen molar-refractivity contribution in [3.8, 4) is 11.4 Å². The molecule has 1 aromatic carbocycles. The van der Waals surface area contributed by atoms with Gasteiger partial charge in [-0.2, -0.15) is 0 Å². The lowest BCUT2D eigenvalue weighted by atomic mass is 10.1. The SMILES string of the molecule is CCCCc1cc(-n2c(=O)ccc3cccnc32)ccc1O.OCCNCCO. The van der Waals surface area contributed by atoms with E-state index >= 15 is 0 Å². The molecule has 0 aliphatic rings. The Morgan fingerprint density at radius 2 is 1.83 bits per heavy atom. The van der Waals surface area contributed by atoms with Gasteiger partial charge in [0.15, 0.2) is 0 Å². The lowest BCUT2D eigenvalue weighted by Crippen LogP contribution is -2.21. The molecule has 0 atom stereocenters. The lowest BCUT2D eigenvalue weighted by Gasteiger charge is -2.11. The summed E-state index contributed by atoms with van der Waals surface area (Å²) in [5.41, 5.74) is 2.10. The van der Waals surface area contributed by atoms with Crippen molar-refractivity contribution in [1.82, 2.24) is 14.9 Å². The quantitative estimate of drug-likeness (QED) is 0.432. The van der Waals surface area contributed by atoms with Gasteiger partial charge in [-0.25, -0.2) is 4.98 Å². The number of benzene rings is 1. The number of pyridine rings is 2. The summed E-state index contributed by atoms with van der Waals surface area (Å²) in [5.74, 6) is 0.276. The van der Waals surface area contributed by atoms with Crippen LogP contribution in [0.25, 0.3) is 16.7 Å². The van der Waals surface area contributed by atoms with Gasteiger partial charge in [0.25, 0.3) is 5.56 Å². The number of nitrogens with zero attached hydrogens (tertiary/aromatic N) is 2. The minimum absolute atomic E-state index is 0.127. The van der Waals surface area contributed by atoms with Crippen LogP contribution in [0.3, 0.4) is 0 Å². The molecule has 0 unspecified atom stereocenters. The average molecular weight is 399 g/mol. The number of aliphatic hydroxyl groups excluding tert-OH is 2. The Balaban J connectivity index is 0.000000370. The second-order valence-electron chi connectivity index (χ2n) is 6.54. The lowest BCUT2D eigenvalue weighted by molar-refractivity contribution is 0.266. The van der Waals surface area contributed by atoms with Gasteiger partial charge in [0, 0.05) is 30.7 Å². The molecular weight excluding hydrogens is 370 g/mol. The number of rotatable bonds is 8. The Morgan fingerprint density at radius 1 is 1.07 bits per heavy atom. The summed E-state index contributed by atoms with van der Waals surface area (Å²) in [5, 5.41) is 30.0. The van der Waals surface area contributed by atoms with Crippen LogP contribution in [0.1, 0.15) is 25.3 Å². The van der Waals surface area contributed by atoms with Crippen LogP contribution in [0.4, 0.5) is 0 Å². The number of phenols is 1. The van der Waals surface area contributed by atoms with Crippen LogP contribution in [0.5, 0.6) is 5.75 Å². The molecule has 4 N–H and O–H groups in total. The number of phenolic OH excluding ortho intramolecular Hbond substituents is 1. The molecule has 29 heavy (non-hydrogen) atoms. The maximum Gasteiger partial charge on any atom is 0.256 e. The molecule has 0 bridgehead atoms. The first-order valence-corrected chi connectivity index (χ1v) is 9.83. The first-order valence-electron chi connectivity index (χ1n) is 9.83. The molecule has 0 fully saturated rings. The third-order valence-electron chi connectivity index (χ3n) is 4.35. The second-order valence-corrected chi connectivity index (χ2v) is 6.54. The zero-order valence-electron chi connectivity index (χ0n) is 16.7. The summed E-state index contributed by atoms with van der Waals surface area (Å²) >= 11 is 0. The standard InChI is InChI=1S/C18H18N2O2.C4H11NO2/c1-2-3-5-14-12-15(8-9-16(14)21)20-17(22)10-7-13-6-4-11-19-18(13)20;6-3-1-5-2-4-7/h4,6-12,21H,2-3,5H2,1H3;5-7H,1-4H2. The normalized spacial score (nSPS) is 10.6. The Bertz CT molecular complexity index is 952. The predicted molar refractivity (Wildman–Crippen MR) is 115 cm³/mol. The highest BCUT2D eigenvalue weighted by atomic mass is 16.3. The van der Waals surface area contributed by atoms with E-state index in [4.69, 9.17) is 10.2 Å². The molecule has 3 rings (SSSR count). The van der Waals surface area contributed by atoms with Gasteiger partial charge in [-0.3, -0.25) is 9.36 Å². The van der Waals surface area contributed by atoms with E-state index in [1.807, 2.05) is 18.2 Å². The number of hydrogen-bond acceptors (Lipinski definition) is 6. The van der Waals surface area contributed by atoms with Crippen molar-refractivity contribution in [1.29, 1.82) is 0 Å². The molecule has 0 saturated carbocycles. The molecule has 7 heteroatoms. The van der Waals surface area contributed by atoms with Crippen LogP contribution in [0.15, 0.2) is 53.5 Å². The van der Waals surface area contributed by atoms with Gasteiger partial charge >= 0.3 is 0 Å². The number of aliphatic hydroxyl groups is 2. The van der Waals surface area contributed by atoms with E-state index < -0.39 is 0 Å². The van der Waals surface area contributed by atoms with Crippen molar-refractivity contribution in [3.63, 3.8) is 0 Å². The third kappa shape index (κ3) is 6.39. The summed E-state index contributed by atoms with van der Waals surface area (Å²) in [4.78, 5) is 16.6. The number of aryl methyl sites for hydroxylation is 1. The van der Waals surface area contributed by atoms with Crippen molar-refractivity contribution >= 4 is 11.0 Å². The smallest absolute Gasteiger partial charge is 0.256 e. The van der Waals surface area contributed by atoms with Crippen molar-refractivity contribution in [2.45, 2.75) is 26.2 Å². The summed E-state index contributed by atoms with van der Waals surface area (Å²) in [6.45, 7) is 3.53. The summed E-state index contributed by atoms with van der Waals surface area (Å²) in [7, 11) is 0. The van der Waals surface area contributed by atoms with Crippen molar-refractivity contribution < 1.29 is 15.3 Å².